The highest BCUT2D eigenvalue weighted by atomic mass is 15.2. The minimum Gasteiger partial charge on any atom is -0.330 e. The van der Waals surface area contributed by atoms with E-state index in [0.29, 0.717) is 12.0 Å². The Labute approximate surface area is 127 Å². The Morgan fingerprint density at radius 3 is 2.57 bits per heavy atom. The third-order valence-electron chi connectivity index (χ3n) is 4.70. The summed E-state index contributed by atoms with van der Waals surface area (Å²) in [6, 6.07) is 18.1. The Morgan fingerprint density at radius 1 is 1.14 bits per heavy atom. The van der Waals surface area contributed by atoms with Gasteiger partial charge in [-0.2, -0.15) is 0 Å². The van der Waals surface area contributed by atoms with Gasteiger partial charge in [-0.3, -0.25) is 4.90 Å². The van der Waals surface area contributed by atoms with Crippen molar-refractivity contribution in [2.75, 3.05) is 20.1 Å². The maximum atomic E-state index is 5.85. The predicted octanol–water partition coefficient (Wildman–Crippen LogP) is 3.61. The fourth-order valence-electron chi connectivity index (χ4n) is 3.44. The van der Waals surface area contributed by atoms with Gasteiger partial charge in [0.2, 0.25) is 0 Å². The van der Waals surface area contributed by atoms with Gasteiger partial charge in [0.05, 0.1) is 0 Å². The number of nitrogens with zero attached hydrogens (tertiary/aromatic N) is 1. The van der Waals surface area contributed by atoms with Gasteiger partial charge >= 0.3 is 0 Å². The van der Waals surface area contributed by atoms with Crippen molar-refractivity contribution in [1.29, 1.82) is 0 Å². The quantitative estimate of drug-likeness (QED) is 0.930. The molecular weight excluding hydrogens is 256 g/mol. The molecule has 0 radical (unpaired) electrons. The van der Waals surface area contributed by atoms with Crippen LogP contribution in [0.15, 0.2) is 48.5 Å². The summed E-state index contributed by atoms with van der Waals surface area (Å²) in [7, 11) is 2.21. The Bertz CT molecular complexity index is 606. The number of rotatable bonds is 3. The Hall–Kier alpha value is -1.64. The molecule has 1 aliphatic rings. The summed E-state index contributed by atoms with van der Waals surface area (Å²) < 4.78 is 0. The van der Waals surface area contributed by atoms with Crippen molar-refractivity contribution in [3.05, 3.63) is 59.7 Å². The molecule has 1 fully saturated rings. The van der Waals surface area contributed by atoms with E-state index in [-0.39, 0.29) is 0 Å². The van der Waals surface area contributed by atoms with Crippen LogP contribution < -0.4 is 5.73 Å². The molecule has 21 heavy (non-hydrogen) atoms. The highest BCUT2D eigenvalue weighted by Crippen LogP contribution is 2.36. The van der Waals surface area contributed by atoms with Crippen molar-refractivity contribution in [3.63, 3.8) is 0 Å². The summed E-state index contributed by atoms with van der Waals surface area (Å²) in [5.74, 6) is 0.626. The highest BCUT2D eigenvalue weighted by Gasteiger charge is 2.29. The zero-order valence-corrected chi connectivity index (χ0v) is 12.9. The lowest BCUT2D eigenvalue weighted by Gasteiger charge is -2.21. The average Bonchev–Trinajstić information content (AvgIpc) is 2.90. The molecule has 2 heteroatoms. The summed E-state index contributed by atoms with van der Waals surface area (Å²) >= 11 is 0. The molecule has 2 nitrogen and oxygen atoms in total. The molecule has 1 aliphatic heterocycles. The number of likely N-dealkylation sites (tertiary alicyclic amines) is 1. The number of hydrogen-bond acceptors (Lipinski definition) is 2. The monoisotopic (exact) mass is 280 g/mol. The van der Waals surface area contributed by atoms with Gasteiger partial charge in [-0.15, -0.1) is 0 Å². The number of hydrogen-bond donors (Lipinski definition) is 1. The molecule has 2 unspecified atom stereocenters. The lowest BCUT2D eigenvalue weighted by Crippen LogP contribution is -2.20. The summed E-state index contributed by atoms with van der Waals surface area (Å²) in [6.45, 7) is 4.08. The lowest BCUT2D eigenvalue weighted by molar-refractivity contribution is 0.314. The Balaban J connectivity index is 1.95. The van der Waals surface area contributed by atoms with Crippen molar-refractivity contribution in [2.45, 2.75) is 19.4 Å². The minimum atomic E-state index is 0.501. The van der Waals surface area contributed by atoms with Gasteiger partial charge in [-0.05, 0) is 61.2 Å². The van der Waals surface area contributed by atoms with Crippen molar-refractivity contribution >= 4 is 0 Å². The molecule has 1 heterocycles. The summed E-state index contributed by atoms with van der Waals surface area (Å²) in [4.78, 5) is 2.44. The SMILES string of the molecule is Cc1ccc(C2CC(CN)CN2C)cc1-c1ccccc1. The molecule has 0 aliphatic carbocycles. The van der Waals surface area contributed by atoms with Crippen LogP contribution >= 0.6 is 0 Å². The molecular formula is C19H24N2. The second kappa shape index (κ2) is 6.00. The Kier molecular flexibility index (Phi) is 4.09. The summed E-state index contributed by atoms with van der Waals surface area (Å²) in [6.07, 6.45) is 1.17. The van der Waals surface area contributed by atoms with Crippen molar-refractivity contribution in [2.24, 2.45) is 11.7 Å². The zero-order chi connectivity index (χ0) is 14.8. The molecule has 2 atom stereocenters. The standard InChI is InChI=1S/C19H24N2/c1-14-8-9-17(19-10-15(12-20)13-21(19)2)11-18(14)16-6-4-3-5-7-16/h3-9,11,15,19H,10,12-13,20H2,1-2H3. The molecule has 0 aromatic heterocycles. The average molecular weight is 280 g/mol. The van der Waals surface area contributed by atoms with E-state index in [1.807, 2.05) is 0 Å². The van der Waals surface area contributed by atoms with Crippen molar-refractivity contribution in [3.8, 4) is 11.1 Å². The zero-order valence-electron chi connectivity index (χ0n) is 12.9. The molecule has 0 amide bonds. The van der Waals surface area contributed by atoms with Gasteiger partial charge in [-0.25, -0.2) is 0 Å². The number of aryl methyl sites for hydroxylation is 1. The van der Waals surface area contributed by atoms with E-state index < -0.39 is 0 Å². The van der Waals surface area contributed by atoms with E-state index in [9.17, 15) is 0 Å². The van der Waals surface area contributed by atoms with Gasteiger partial charge < -0.3 is 5.73 Å². The fourth-order valence-corrected chi connectivity index (χ4v) is 3.44. The second-order valence-corrected chi connectivity index (χ2v) is 6.23. The normalized spacial score (nSPS) is 22.6. The smallest absolute Gasteiger partial charge is 0.0349 e. The maximum Gasteiger partial charge on any atom is 0.0349 e. The van der Waals surface area contributed by atoms with Crippen LogP contribution in [0.2, 0.25) is 0 Å². The van der Waals surface area contributed by atoms with E-state index in [1.165, 1.54) is 28.7 Å². The predicted molar refractivity (Wildman–Crippen MR) is 89.1 cm³/mol. The molecule has 1 saturated heterocycles. The summed E-state index contributed by atoms with van der Waals surface area (Å²) in [5, 5.41) is 0. The first-order valence-electron chi connectivity index (χ1n) is 7.75. The topological polar surface area (TPSA) is 29.3 Å². The van der Waals surface area contributed by atoms with E-state index in [2.05, 4.69) is 67.4 Å². The van der Waals surface area contributed by atoms with Crippen molar-refractivity contribution < 1.29 is 0 Å². The maximum absolute atomic E-state index is 5.85. The van der Waals surface area contributed by atoms with Crippen LogP contribution in [-0.2, 0) is 0 Å². The van der Waals surface area contributed by atoms with Gasteiger partial charge in [0.1, 0.15) is 0 Å². The largest absolute Gasteiger partial charge is 0.330 e. The number of benzene rings is 2. The van der Waals surface area contributed by atoms with Crippen LogP contribution in [0.4, 0.5) is 0 Å². The fraction of sp³-hybridized carbons (Fsp3) is 0.368. The summed E-state index contributed by atoms with van der Waals surface area (Å²) in [5.41, 5.74) is 11.2. The molecule has 2 N–H and O–H groups in total. The molecule has 110 valence electrons. The molecule has 3 rings (SSSR count). The van der Waals surface area contributed by atoms with Crippen molar-refractivity contribution in [1.82, 2.24) is 4.90 Å². The molecule has 2 aromatic rings. The van der Waals surface area contributed by atoms with Gasteiger partial charge in [0.25, 0.3) is 0 Å². The third kappa shape index (κ3) is 2.87. The Morgan fingerprint density at radius 2 is 1.90 bits per heavy atom. The molecule has 0 saturated carbocycles. The first kappa shape index (κ1) is 14.3. The van der Waals surface area contributed by atoms with Gasteiger partial charge in [0, 0.05) is 12.6 Å². The van der Waals surface area contributed by atoms with Crippen LogP contribution in [0.5, 0.6) is 0 Å². The number of nitrogens with two attached hydrogens (primary N) is 1. The molecule has 2 aromatic carbocycles. The van der Waals surface area contributed by atoms with Crippen LogP contribution in [0.1, 0.15) is 23.6 Å². The highest BCUT2D eigenvalue weighted by molar-refractivity contribution is 5.68. The minimum absolute atomic E-state index is 0.501. The van der Waals surface area contributed by atoms with Crippen LogP contribution in [0.25, 0.3) is 11.1 Å². The van der Waals surface area contributed by atoms with Crippen LogP contribution in [-0.4, -0.2) is 25.0 Å². The van der Waals surface area contributed by atoms with E-state index in [4.69, 9.17) is 5.73 Å². The van der Waals surface area contributed by atoms with Gasteiger partial charge in [-0.1, -0.05) is 42.5 Å². The van der Waals surface area contributed by atoms with Gasteiger partial charge in [0.15, 0.2) is 0 Å². The first-order chi connectivity index (χ1) is 10.2. The first-order valence-corrected chi connectivity index (χ1v) is 7.75. The third-order valence-corrected chi connectivity index (χ3v) is 4.70. The van der Waals surface area contributed by atoms with Crippen LogP contribution in [0, 0.1) is 12.8 Å². The second-order valence-electron chi connectivity index (χ2n) is 6.23. The molecule has 0 bridgehead atoms. The van der Waals surface area contributed by atoms with E-state index >= 15 is 0 Å². The molecule has 0 spiro atoms. The van der Waals surface area contributed by atoms with Crippen LogP contribution in [0.3, 0.4) is 0 Å². The van der Waals surface area contributed by atoms with E-state index in [1.54, 1.807) is 0 Å². The van der Waals surface area contributed by atoms with E-state index in [0.717, 1.165) is 13.1 Å². The lowest BCUT2D eigenvalue weighted by atomic mass is 9.93.